The molecule has 20 heavy (non-hydrogen) atoms. The number of anilines is 1. The molecule has 112 valence electrons. The zero-order chi connectivity index (χ0) is 14.4. The molecule has 1 fully saturated rings. The molecule has 1 aromatic rings. The average molecular weight is 301 g/mol. The summed E-state index contributed by atoms with van der Waals surface area (Å²) >= 11 is 0. The molecule has 0 saturated carbocycles. The fourth-order valence-corrected chi connectivity index (χ4v) is 3.03. The number of sulfonamides is 1. The molecule has 1 unspecified atom stereocenters. The first-order valence-corrected chi connectivity index (χ1v) is 7.99. The van der Waals surface area contributed by atoms with Gasteiger partial charge in [-0.05, 0) is 19.1 Å². The molecule has 0 radical (unpaired) electrons. The highest BCUT2D eigenvalue weighted by Crippen LogP contribution is 2.17. The maximum Gasteiger partial charge on any atom is 0.260 e. The van der Waals surface area contributed by atoms with Crippen LogP contribution in [0.15, 0.2) is 23.4 Å². The van der Waals surface area contributed by atoms with Gasteiger partial charge < -0.3 is 14.8 Å². The molecule has 0 aromatic carbocycles. The fourth-order valence-electron chi connectivity index (χ4n) is 1.86. The summed E-state index contributed by atoms with van der Waals surface area (Å²) in [4.78, 5) is 3.95. The second-order valence-electron chi connectivity index (χ2n) is 4.31. The van der Waals surface area contributed by atoms with Gasteiger partial charge in [0.2, 0.25) is 0 Å². The highest BCUT2D eigenvalue weighted by atomic mass is 32.2. The van der Waals surface area contributed by atoms with Crippen molar-refractivity contribution in [3.05, 3.63) is 18.3 Å². The van der Waals surface area contributed by atoms with Gasteiger partial charge in [0.1, 0.15) is 0 Å². The van der Waals surface area contributed by atoms with E-state index in [-0.39, 0.29) is 17.7 Å². The van der Waals surface area contributed by atoms with Gasteiger partial charge in [-0.25, -0.2) is 18.1 Å². The Labute approximate surface area is 118 Å². The number of nitrogens with one attached hydrogen (secondary N) is 2. The van der Waals surface area contributed by atoms with Gasteiger partial charge >= 0.3 is 0 Å². The van der Waals surface area contributed by atoms with Gasteiger partial charge in [0.05, 0.1) is 31.6 Å². The van der Waals surface area contributed by atoms with Crippen LogP contribution in [0.4, 0.5) is 5.69 Å². The molecule has 2 heterocycles. The number of hydrogen-bond acceptors (Lipinski definition) is 6. The summed E-state index contributed by atoms with van der Waals surface area (Å²) in [5, 5.41) is 2.98. The Kier molecular flexibility index (Phi) is 5.30. The number of pyridine rings is 1. The maximum absolute atomic E-state index is 12.3. The van der Waals surface area contributed by atoms with Crippen molar-refractivity contribution in [3.63, 3.8) is 0 Å². The predicted molar refractivity (Wildman–Crippen MR) is 74.1 cm³/mol. The molecule has 2 N–H and O–H groups in total. The largest absolute Gasteiger partial charge is 0.383 e. The van der Waals surface area contributed by atoms with E-state index in [0.717, 1.165) is 0 Å². The van der Waals surface area contributed by atoms with E-state index < -0.39 is 10.0 Å². The van der Waals surface area contributed by atoms with Gasteiger partial charge in [-0.2, -0.15) is 0 Å². The zero-order valence-electron chi connectivity index (χ0n) is 11.3. The van der Waals surface area contributed by atoms with E-state index in [1.54, 1.807) is 12.1 Å². The molecular formula is C12H19N3O4S. The highest BCUT2D eigenvalue weighted by Gasteiger charge is 2.22. The number of ether oxygens (including phenoxy) is 2. The minimum atomic E-state index is -3.67. The Morgan fingerprint density at radius 3 is 3.00 bits per heavy atom. The van der Waals surface area contributed by atoms with E-state index in [2.05, 4.69) is 15.0 Å². The molecule has 1 aliphatic heterocycles. The third-order valence-corrected chi connectivity index (χ3v) is 4.16. The van der Waals surface area contributed by atoms with Gasteiger partial charge in [-0.3, -0.25) is 0 Å². The summed E-state index contributed by atoms with van der Waals surface area (Å²) in [6.45, 7) is 4.11. The average Bonchev–Trinajstić information content (AvgIpc) is 2.47. The van der Waals surface area contributed by atoms with Crippen LogP contribution in [0.5, 0.6) is 0 Å². The lowest BCUT2D eigenvalue weighted by Crippen LogP contribution is -2.40. The lowest BCUT2D eigenvalue weighted by molar-refractivity contribution is -0.0847. The van der Waals surface area contributed by atoms with E-state index in [1.165, 1.54) is 6.20 Å². The second-order valence-corrected chi connectivity index (χ2v) is 5.99. The van der Waals surface area contributed by atoms with E-state index in [4.69, 9.17) is 9.47 Å². The van der Waals surface area contributed by atoms with E-state index in [1.807, 2.05) is 6.92 Å². The number of nitrogens with zero attached hydrogens (tertiary/aromatic N) is 1. The molecule has 0 spiro atoms. The Bertz CT molecular complexity index is 529. The van der Waals surface area contributed by atoms with Crippen molar-refractivity contribution in [2.75, 3.05) is 38.2 Å². The minimum absolute atomic E-state index is 0.00132. The smallest absolute Gasteiger partial charge is 0.260 e. The number of hydrogen-bond donors (Lipinski definition) is 2. The van der Waals surface area contributed by atoms with Crippen LogP contribution in [0.2, 0.25) is 0 Å². The summed E-state index contributed by atoms with van der Waals surface area (Å²) in [7, 11) is -3.67. The van der Waals surface area contributed by atoms with Gasteiger partial charge in [0, 0.05) is 19.3 Å². The van der Waals surface area contributed by atoms with Crippen LogP contribution in [0.25, 0.3) is 0 Å². The first-order valence-electron chi connectivity index (χ1n) is 6.51. The molecule has 1 aromatic heterocycles. The van der Waals surface area contributed by atoms with Crippen LogP contribution < -0.4 is 10.0 Å². The molecule has 0 bridgehead atoms. The topological polar surface area (TPSA) is 89.6 Å². The monoisotopic (exact) mass is 301 g/mol. The number of rotatable bonds is 6. The molecular weight excluding hydrogens is 282 g/mol. The Balaban J connectivity index is 2.05. The predicted octanol–water partition coefficient (Wildman–Crippen LogP) is 0.207. The summed E-state index contributed by atoms with van der Waals surface area (Å²) < 4.78 is 37.7. The van der Waals surface area contributed by atoms with Crippen LogP contribution >= 0.6 is 0 Å². The third-order valence-electron chi connectivity index (χ3n) is 2.78. The van der Waals surface area contributed by atoms with Gasteiger partial charge in [0.25, 0.3) is 10.0 Å². The van der Waals surface area contributed by atoms with E-state index in [9.17, 15) is 8.42 Å². The highest BCUT2D eigenvalue weighted by molar-refractivity contribution is 7.89. The SMILES string of the molecule is CCNc1cccnc1S(=O)(=O)NCC1COCCO1. The normalized spacial score (nSPS) is 19.8. The van der Waals surface area contributed by atoms with Gasteiger partial charge in [-0.1, -0.05) is 0 Å². The molecule has 8 heteroatoms. The van der Waals surface area contributed by atoms with Crippen LogP contribution in [0, 0.1) is 0 Å². The van der Waals surface area contributed by atoms with Crippen LogP contribution in [-0.2, 0) is 19.5 Å². The van der Waals surface area contributed by atoms with Crippen molar-refractivity contribution in [3.8, 4) is 0 Å². The Morgan fingerprint density at radius 2 is 2.30 bits per heavy atom. The van der Waals surface area contributed by atoms with Crippen LogP contribution in [0.1, 0.15) is 6.92 Å². The Morgan fingerprint density at radius 1 is 1.45 bits per heavy atom. The zero-order valence-corrected chi connectivity index (χ0v) is 12.1. The van der Waals surface area contributed by atoms with Crippen molar-refractivity contribution in [1.29, 1.82) is 0 Å². The fraction of sp³-hybridized carbons (Fsp3) is 0.583. The molecule has 0 amide bonds. The summed E-state index contributed by atoms with van der Waals surface area (Å²) in [6.07, 6.45) is 1.19. The van der Waals surface area contributed by atoms with E-state index in [0.29, 0.717) is 32.1 Å². The summed E-state index contributed by atoms with van der Waals surface area (Å²) in [5.74, 6) is 0. The quantitative estimate of drug-likeness (QED) is 0.780. The lowest BCUT2D eigenvalue weighted by Gasteiger charge is -2.23. The molecule has 2 rings (SSSR count). The minimum Gasteiger partial charge on any atom is -0.383 e. The summed E-state index contributed by atoms with van der Waals surface area (Å²) in [5.41, 5.74) is 0.489. The van der Waals surface area contributed by atoms with Crippen LogP contribution in [-0.4, -0.2) is 52.4 Å². The first-order chi connectivity index (χ1) is 9.63. The van der Waals surface area contributed by atoms with E-state index >= 15 is 0 Å². The van der Waals surface area contributed by atoms with Crippen molar-refractivity contribution in [2.24, 2.45) is 0 Å². The van der Waals surface area contributed by atoms with Crippen molar-refractivity contribution in [1.82, 2.24) is 9.71 Å². The molecule has 0 aliphatic carbocycles. The lowest BCUT2D eigenvalue weighted by atomic mass is 10.3. The second kappa shape index (κ2) is 6.98. The molecule has 1 atom stereocenters. The van der Waals surface area contributed by atoms with Gasteiger partial charge in [-0.15, -0.1) is 0 Å². The van der Waals surface area contributed by atoms with Gasteiger partial charge in [0.15, 0.2) is 5.03 Å². The van der Waals surface area contributed by atoms with Crippen molar-refractivity contribution in [2.45, 2.75) is 18.1 Å². The molecule has 7 nitrogen and oxygen atoms in total. The third kappa shape index (κ3) is 3.89. The maximum atomic E-state index is 12.3. The van der Waals surface area contributed by atoms with Crippen molar-refractivity contribution >= 4 is 15.7 Å². The standard InChI is InChI=1S/C12H19N3O4S/c1-2-13-11-4-3-5-14-12(11)20(16,17)15-8-10-9-18-6-7-19-10/h3-5,10,13,15H,2,6-9H2,1H3. The molecule has 1 aliphatic rings. The van der Waals surface area contributed by atoms with Crippen LogP contribution in [0.3, 0.4) is 0 Å². The first kappa shape index (κ1) is 15.2. The molecule has 1 saturated heterocycles. The number of aromatic nitrogens is 1. The Hall–Kier alpha value is -1.22. The van der Waals surface area contributed by atoms with Crippen molar-refractivity contribution < 1.29 is 17.9 Å². The summed E-state index contributed by atoms with van der Waals surface area (Å²) in [6, 6.07) is 3.38.